The lowest BCUT2D eigenvalue weighted by Crippen LogP contribution is -2.31. The van der Waals surface area contributed by atoms with Gasteiger partial charge < -0.3 is 19.5 Å². The number of phenols is 1. The summed E-state index contributed by atoms with van der Waals surface area (Å²) in [4.78, 5) is 36.6. The Labute approximate surface area is 205 Å². The Hall–Kier alpha value is -3.87. The van der Waals surface area contributed by atoms with E-state index >= 15 is 0 Å². The molecule has 0 saturated carbocycles. The second-order valence-electron chi connectivity index (χ2n) is 8.24. The molecule has 1 amide bonds. The van der Waals surface area contributed by atoms with E-state index in [0.717, 1.165) is 31.1 Å². The first-order valence-corrected chi connectivity index (χ1v) is 11.4. The number of allylic oxidation sites excluding steroid dienone is 2. The molecule has 0 fully saturated rings. The van der Waals surface area contributed by atoms with Gasteiger partial charge in [-0.15, -0.1) is 0 Å². The van der Waals surface area contributed by atoms with E-state index < -0.39 is 34.2 Å². The molecule has 0 spiro atoms. The molecule has 1 aromatic carbocycles. The minimum absolute atomic E-state index is 0.0299. The zero-order valence-electron chi connectivity index (χ0n) is 20.9. The maximum absolute atomic E-state index is 12.5. The van der Waals surface area contributed by atoms with E-state index in [2.05, 4.69) is 6.08 Å². The van der Waals surface area contributed by atoms with E-state index in [4.69, 9.17) is 9.47 Å². The normalized spacial score (nSPS) is 11.7. The van der Waals surface area contributed by atoms with Crippen molar-refractivity contribution in [2.45, 2.75) is 53.9 Å². The first-order valence-electron chi connectivity index (χ1n) is 11.4. The summed E-state index contributed by atoms with van der Waals surface area (Å²) in [5.74, 6) is -1.63. The topological polar surface area (TPSA) is 143 Å². The van der Waals surface area contributed by atoms with Crippen molar-refractivity contribution in [1.29, 1.82) is 5.26 Å². The van der Waals surface area contributed by atoms with Crippen molar-refractivity contribution in [2.24, 2.45) is 5.92 Å². The molecule has 1 aromatic rings. The molecule has 0 saturated heterocycles. The number of ether oxygens (including phenoxy) is 2. The minimum atomic E-state index is -1.13. The van der Waals surface area contributed by atoms with Crippen molar-refractivity contribution < 1.29 is 29.1 Å². The SMILES string of the molecule is CCN(CC)C(=O)/C(C#N)=C/c1cc(OC(=O)OCC[C@@H](C)CCC=C(C)C)c(O)c([N+](=O)[O-])c1. The summed E-state index contributed by atoms with van der Waals surface area (Å²) < 4.78 is 10.1. The molecular weight excluding hydrogens is 454 g/mol. The van der Waals surface area contributed by atoms with E-state index in [9.17, 15) is 30.1 Å². The van der Waals surface area contributed by atoms with Gasteiger partial charge in [0.05, 0.1) is 11.5 Å². The molecule has 1 N–H and O–H groups in total. The van der Waals surface area contributed by atoms with E-state index in [1.165, 1.54) is 10.5 Å². The highest BCUT2D eigenvalue weighted by Gasteiger charge is 2.23. The van der Waals surface area contributed by atoms with E-state index in [-0.39, 0.29) is 17.7 Å². The van der Waals surface area contributed by atoms with Gasteiger partial charge in [-0.3, -0.25) is 14.9 Å². The van der Waals surface area contributed by atoms with Gasteiger partial charge in [-0.25, -0.2) is 4.79 Å². The van der Waals surface area contributed by atoms with Crippen LogP contribution in [0.2, 0.25) is 0 Å². The summed E-state index contributed by atoms with van der Waals surface area (Å²) in [6.07, 6.45) is 4.59. The molecule has 0 unspecified atom stereocenters. The van der Waals surface area contributed by atoms with Crippen LogP contribution in [-0.2, 0) is 9.53 Å². The Morgan fingerprint density at radius 1 is 1.26 bits per heavy atom. The number of rotatable bonds is 12. The van der Waals surface area contributed by atoms with E-state index in [0.29, 0.717) is 25.4 Å². The standard InChI is InChI=1S/C25H33N3O7/c1-6-27(7-2)24(30)20(16-26)13-19-14-21(28(32)33)23(29)22(15-19)35-25(31)34-12-11-18(5)10-8-9-17(3)4/h9,13-15,18,29H,6-8,10-12H2,1-5H3/b20-13+/t18-/m0/s1. The highest BCUT2D eigenvalue weighted by molar-refractivity contribution is 6.01. The summed E-state index contributed by atoms with van der Waals surface area (Å²) in [5.41, 5.74) is 0.260. The van der Waals surface area contributed by atoms with Crippen molar-refractivity contribution in [3.05, 3.63) is 45.0 Å². The number of hydrogen-bond donors (Lipinski definition) is 1. The highest BCUT2D eigenvalue weighted by atomic mass is 16.7. The Morgan fingerprint density at radius 3 is 2.46 bits per heavy atom. The average molecular weight is 488 g/mol. The average Bonchev–Trinajstić information content (AvgIpc) is 2.79. The predicted molar refractivity (Wildman–Crippen MR) is 131 cm³/mol. The quantitative estimate of drug-likeness (QED) is 0.0789. The molecule has 0 aliphatic carbocycles. The highest BCUT2D eigenvalue weighted by Crippen LogP contribution is 2.38. The number of phenolic OH excluding ortho intramolecular Hbond substituents is 1. The predicted octanol–water partition coefficient (Wildman–Crippen LogP) is 5.36. The van der Waals surface area contributed by atoms with Crippen LogP contribution in [0.15, 0.2) is 29.4 Å². The summed E-state index contributed by atoms with van der Waals surface area (Å²) in [5, 5.41) is 31.0. The Balaban J connectivity index is 3.02. The van der Waals surface area contributed by atoms with Crippen LogP contribution in [0.3, 0.4) is 0 Å². The summed E-state index contributed by atoms with van der Waals surface area (Å²) >= 11 is 0. The molecule has 1 rings (SSSR count). The molecule has 0 bridgehead atoms. The smallest absolute Gasteiger partial charge is 0.499 e. The molecule has 190 valence electrons. The molecule has 10 heteroatoms. The fraction of sp³-hybridized carbons (Fsp3) is 0.480. The zero-order valence-corrected chi connectivity index (χ0v) is 20.9. The lowest BCUT2D eigenvalue weighted by Gasteiger charge is -2.17. The van der Waals surface area contributed by atoms with Gasteiger partial charge in [0.15, 0.2) is 5.75 Å². The van der Waals surface area contributed by atoms with Crippen molar-refractivity contribution in [3.63, 3.8) is 0 Å². The molecule has 35 heavy (non-hydrogen) atoms. The van der Waals surface area contributed by atoms with Crippen molar-refractivity contribution >= 4 is 23.8 Å². The molecular formula is C25H33N3O7. The van der Waals surface area contributed by atoms with Gasteiger partial charge >= 0.3 is 11.8 Å². The third-order valence-electron chi connectivity index (χ3n) is 5.22. The molecule has 10 nitrogen and oxygen atoms in total. The fourth-order valence-electron chi connectivity index (χ4n) is 3.17. The number of nitro groups is 1. The summed E-state index contributed by atoms with van der Waals surface area (Å²) in [7, 11) is 0. The second kappa shape index (κ2) is 14.4. The maximum Gasteiger partial charge on any atom is 0.513 e. The molecule has 0 heterocycles. The van der Waals surface area contributed by atoms with Crippen LogP contribution in [0.4, 0.5) is 10.5 Å². The number of benzene rings is 1. The van der Waals surface area contributed by atoms with Gasteiger partial charge in [-0.05, 0) is 70.6 Å². The van der Waals surface area contributed by atoms with E-state index in [1.54, 1.807) is 19.9 Å². The first-order chi connectivity index (χ1) is 16.5. The molecule has 0 radical (unpaired) electrons. The third-order valence-corrected chi connectivity index (χ3v) is 5.22. The molecule has 1 atom stereocenters. The number of hydrogen-bond acceptors (Lipinski definition) is 8. The minimum Gasteiger partial charge on any atom is -0.499 e. The molecule has 0 aliphatic rings. The number of aromatic hydroxyl groups is 1. The maximum atomic E-state index is 12.5. The Kier molecular flexibility index (Phi) is 12.0. The summed E-state index contributed by atoms with van der Waals surface area (Å²) in [6.45, 7) is 10.4. The number of nitrogens with zero attached hydrogens (tertiary/aromatic N) is 3. The van der Waals surface area contributed by atoms with Gasteiger partial charge in [-0.1, -0.05) is 18.6 Å². The Morgan fingerprint density at radius 2 is 1.91 bits per heavy atom. The molecule has 0 aliphatic heterocycles. The lowest BCUT2D eigenvalue weighted by atomic mass is 10.0. The van der Waals surface area contributed by atoms with Gasteiger partial charge in [-0.2, -0.15) is 5.26 Å². The zero-order chi connectivity index (χ0) is 26.5. The van der Waals surface area contributed by atoms with Gasteiger partial charge in [0.2, 0.25) is 5.75 Å². The number of carbonyl (C=O) groups excluding carboxylic acids is 2. The van der Waals surface area contributed by atoms with Crippen LogP contribution in [-0.4, -0.2) is 46.7 Å². The van der Waals surface area contributed by atoms with Crippen molar-refractivity contribution in [3.8, 4) is 17.6 Å². The molecule has 0 aromatic heterocycles. The number of carbonyl (C=O) groups is 2. The van der Waals surface area contributed by atoms with Crippen LogP contribution in [0.5, 0.6) is 11.5 Å². The first kappa shape index (κ1) is 29.2. The largest absolute Gasteiger partial charge is 0.513 e. The van der Waals surface area contributed by atoms with E-state index in [1.807, 2.05) is 20.8 Å². The van der Waals surface area contributed by atoms with Crippen LogP contribution < -0.4 is 4.74 Å². The van der Waals surface area contributed by atoms with Crippen LogP contribution >= 0.6 is 0 Å². The monoisotopic (exact) mass is 487 g/mol. The number of nitriles is 1. The number of nitro benzene ring substituents is 1. The van der Waals surface area contributed by atoms with Gasteiger partial charge in [0.25, 0.3) is 5.91 Å². The third kappa shape index (κ3) is 9.49. The van der Waals surface area contributed by atoms with Crippen LogP contribution in [0.1, 0.15) is 59.4 Å². The summed E-state index contributed by atoms with van der Waals surface area (Å²) in [6, 6.07) is 3.89. The lowest BCUT2D eigenvalue weighted by molar-refractivity contribution is -0.385. The van der Waals surface area contributed by atoms with Gasteiger partial charge in [0, 0.05) is 19.2 Å². The van der Waals surface area contributed by atoms with Gasteiger partial charge in [0.1, 0.15) is 11.6 Å². The van der Waals surface area contributed by atoms with Crippen LogP contribution in [0.25, 0.3) is 6.08 Å². The van der Waals surface area contributed by atoms with Crippen molar-refractivity contribution in [1.82, 2.24) is 4.90 Å². The second-order valence-corrected chi connectivity index (χ2v) is 8.24. The fourth-order valence-corrected chi connectivity index (χ4v) is 3.17. The number of amides is 1. The Bertz CT molecular complexity index is 1020. The number of likely N-dealkylation sites (N-methyl/N-ethyl adjacent to an activating group) is 1. The van der Waals surface area contributed by atoms with Crippen LogP contribution in [0, 0.1) is 27.4 Å². The van der Waals surface area contributed by atoms with Crippen molar-refractivity contribution in [2.75, 3.05) is 19.7 Å².